The number of imidazole rings is 1. The van der Waals surface area contributed by atoms with E-state index in [-0.39, 0.29) is 22.8 Å². The van der Waals surface area contributed by atoms with Crippen molar-refractivity contribution in [3.63, 3.8) is 0 Å². The second kappa shape index (κ2) is 6.35. The minimum Gasteiger partial charge on any atom is -1.00 e. The Hall–Kier alpha value is -1.62. The van der Waals surface area contributed by atoms with E-state index >= 15 is 0 Å². The summed E-state index contributed by atoms with van der Waals surface area (Å²) in [5, 5.41) is 0. The van der Waals surface area contributed by atoms with E-state index < -0.39 is 0 Å². The molecule has 0 aliphatic heterocycles. The predicted molar refractivity (Wildman–Crippen MR) is 63.0 cm³/mol. The molecule has 0 amide bonds. The largest absolute Gasteiger partial charge is 1.00 e. The van der Waals surface area contributed by atoms with E-state index in [0.29, 0.717) is 17.7 Å². The molecule has 0 bridgehead atoms. The fraction of sp³-hybridized carbons (Fsp3) is 0.231. The van der Waals surface area contributed by atoms with E-state index in [0.717, 1.165) is 5.82 Å². The molecule has 2 rings (SSSR count). The van der Waals surface area contributed by atoms with Gasteiger partial charge in [0.15, 0.2) is 5.78 Å². The highest BCUT2D eigenvalue weighted by atomic mass is 79.9. The standard InChI is InChI=1S/C13H14N2O2.BrH/c1-15-7-6-14-13(15)9-12(16)10-4-3-5-11(8-10)17-2;/h3-8H,9H2,1-2H3;1H. The first-order valence-electron chi connectivity index (χ1n) is 5.40. The third-order valence-corrected chi connectivity index (χ3v) is 2.69. The molecule has 0 saturated heterocycles. The molecule has 0 saturated carbocycles. The topological polar surface area (TPSA) is 46.0 Å². The van der Waals surface area contributed by atoms with Crippen LogP contribution in [0.2, 0.25) is 0 Å². The fourth-order valence-corrected chi connectivity index (χ4v) is 1.66. The highest BCUT2D eigenvalue weighted by Gasteiger charge is 2.14. The molecule has 0 atom stereocenters. The minimum atomic E-state index is 0. The van der Waals surface area contributed by atoms with Crippen LogP contribution >= 0.6 is 0 Å². The maximum absolute atomic E-state index is 12.0. The predicted octanol–water partition coefficient (Wildman–Crippen LogP) is -1.72. The van der Waals surface area contributed by atoms with E-state index in [9.17, 15) is 4.79 Å². The first kappa shape index (κ1) is 14.4. The van der Waals surface area contributed by atoms with Gasteiger partial charge in [0.1, 0.15) is 24.6 Å². The Labute approximate surface area is 116 Å². The number of rotatable bonds is 4. The van der Waals surface area contributed by atoms with Gasteiger partial charge in [-0.2, -0.15) is 0 Å². The molecule has 0 aliphatic rings. The molecule has 18 heavy (non-hydrogen) atoms. The van der Waals surface area contributed by atoms with Gasteiger partial charge < -0.3 is 21.7 Å². The van der Waals surface area contributed by atoms with Gasteiger partial charge in [-0.25, -0.2) is 9.55 Å². The van der Waals surface area contributed by atoms with E-state index in [1.807, 2.05) is 36.1 Å². The SMILES string of the molecule is COc1cccc(C(=O)Cc2[nH]cc[n+]2C)c1.[Br-]. The van der Waals surface area contributed by atoms with Crippen LogP contribution in [0.3, 0.4) is 0 Å². The summed E-state index contributed by atoms with van der Waals surface area (Å²) in [7, 11) is 3.50. The Morgan fingerprint density at radius 1 is 1.44 bits per heavy atom. The number of aromatic amines is 1. The Morgan fingerprint density at radius 2 is 2.22 bits per heavy atom. The fourth-order valence-electron chi connectivity index (χ4n) is 1.66. The van der Waals surface area contributed by atoms with Gasteiger partial charge in [0.2, 0.25) is 0 Å². The van der Waals surface area contributed by atoms with Crippen LogP contribution < -0.4 is 26.3 Å². The number of hydrogen-bond donors (Lipinski definition) is 1. The van der Waals surface area contributed by atoms with Crippen LogP contribution in [-0.2, 0) is 13.5 Å². The third kappa shape index (κ3) is 3.20. The molecule has 0 radical (unpaired) electrons. The molecule has 0 spiro atoms. The number of carbonyl (C=O) groups excluding carboxylic acids is 1. The first-order chi connectivity index (χ1) is 8.20. The number of ketones is 1. The zero-order valence-corrected chi connectivity index (χ0v) is 11.9. The number of H-pyrrole nitrogens is 1. The second-order valence-electron chi connectivity index (χ2n) is 3.85. The number of carbonyl (C=O) groups is 1. The molecule has 1 aromatic heterocycles. The summed E-state index contributed by atoms with van der Waals surface area (Å²) in [4.78, 5) is 15.1. The van der Waals surface area contributed by atoms with Crippen LogP contribution in [0.25, 0.3) is 0 Å². The van der Waals surface area contributed by atoms with Crippen molar-refractivity contribution in [2.75, 3.05) is 7.11 Å². The van der Waals surface area contributed by atoms with Crippen molar-refractivity contribution in [3.05, 3.63) is 48.0 Å². The molecule has 0 aliphatic carbocycles. The molecule has 5 heteroatoms. The van der Waals surface area contributed by atoms with Gasteiger partial charge in [0.05, 0.1) is 14.2 Å². The van der Waals surface area contributed by atoms with E-state index in [1.165, 1.54) is 0 Å². The maximum Gasteiger partial charge on any atom is 0.261 e. The summed E-state index contributed by atoms with van der Waals surface area (Å²) >= 11 is 0. The van der Waals surface area contributed by atoms with E-state index in [1.54, 1.807) is 19.2 Å². The molecule has 0 fully saturated rings. The molecule has 4 nitrogen and oxygen atoms in total. The first-order valence-corrected chi connectivity index (χ1v) is 5.40. The smallest absolute Gasteiger partial charge is 0.261 e. The number of nitrogens with one attached hydrogen (secondary N) is 1. The number of aromatic nitrogens is 2. The van der Waals surface area contributed by atoms with Crippen molar-refractivity contribution in [3.8, 4) is 5.75 Å². The molecule has 1 aromatic carbocycles. The summed E-state index contributed by atoms with van der Waals surface area (Å²) in [5.74, 6) is 1.66. The highest BCUT2D eigenvalue weighted by molar-refractivity contribution is 5.97. The van der Waals surface area contributed by atoms with Crippen LogP contribution in [0.4, 0.5) is 0 Å². The highest BCUT2D eigenvalue weighted by Crippen LogP contribution is 2.13. The lowest BCUT2D eigenvalue weighted by Gasteiger charge is -2.02. The van der Waals surface area contributed by atoms with Crippen LogP contribution in [0, 0.1) is 0 Å². The lowest BCUT2D eigenvalue weighted by atomic mass is 10.1. The van der Waals surface area contributed by atoms with E-state index in [4.69, 9.17) is 4.74 Å². The van der Waals surface area contributed by atoms with Crippen LogP contribution in [-0.4, -0.2) is 17.9 Å². The third-order valence-electron chi connectivity index (χ3n) is 2.69. The van der Waals surface area contributed by atoms with Crippen LogP contribution in [0.5, 0.6) is 5.75 Å². The number of hydrogen-bond acceptors (Lipinski definition) is 2. The van der Waals surface area contributed by atoms with Crippen LogP contribution in [0.1, 0.15) is 16.2 Å². The monoisotopic (exact) mass is 310 g/mol. The second-order valence-corrected chi connectivity index (χ2v) is 3.85. The summed E-state index contributed by atoms with van der Waals surface area (Å²) in [6, 6.07) is 7.20. The van der Waals surface area contributed by atoms with Crippen LogP contribution in [0.15, 0.2) is 36.7 Å². The van der Waals surface area contributed by atoms with Gasteiger partial charge in [0.25, 0.3) is 5.82 Å². The minimum absolute atomic E-state index is 0. The van der Waals surface area contributed by atoms with Crippen molar-refractivity contribution in [2.24, 2.45) is 7.05 Å². The van der Waals surface area contributed by atoms with Crippen molar-refractivity contribution in [1.82, 2.24) is 4.98 Å². The molecule has 1 N–H and O–H groups in total. The van der Waals surface area contributed by atoms with Gasteiger partial charge in [-0.1, -0.05) is 12.1 Å². The summed E-state index contributed by atoms with van der Waals surface area (Å²) in [5.41, 5.74) is 0.666. The summed E-state index contributed by atoms with van der Waals surface area (Å²) in [6.45, 7) is 0. The zero-order valence-electron chi connectivity index (χ0n) is 10.3. The summed E-state index contributed by atoms with van der Waals surface area (Å²) in [6.07, 6.45) is 4.05. The number of methoxy groups -OCH3 is 1. The lowest BCUT2D eigenvalue weighted by molar-refractivity contribution is -0.677. The van der Waals surface area contributed by atoms with Crippen molar-refractivity contribution >= 4 is 5.78 Å². The normalized spacial score (nSPS) is 9.67. The van der Waals surface area contributed by atoms with Gasteiger partial charge in [0, 0.05) is 5.56 Å². The molecule has 0 unspecified atom stereocenters. The number of halogens is 1. The Morgan fingerprint density at radius 3 is 2.83 bits per heavy atom. The van der Waals surface area contributed by atoms with Gasteiger partial charge in [-0.05, 0) is 12.1 Å². The molecular formula is C13H15BrN2O2. The van der Waals surface area contributed by atoms with Crippen molar-refractivity contribution < 1.29 is 31.1 Å². The molecular weight excluding hydrogens is 296 g/mol. The molecule has 1 heterocycles. The maximum atomic E-state index is 12.0. The van der Waals surface area contributed by atoms with Crippen molar-refractivity contribution in [1.29, 1.82) is 0 Å². The van der Waals surface area contributed by atoms with Gasteiger partial charge in [-0.15, -0.1) is 0 Å². The van der Waals surface area contributed by atoms with Gasteiger partial charge in [-0.3, -0.25) is 4.79 Å². The van der Waals surface area contributed by atoms with Crippen molar-refractivity contribution in [2.45, 2.75) is 6.42 Å². The number of aryl methyl sites for hydroxylation is 1. The zero-order chi connectivity index (χ0) is 12.3. The van der Waals surface area contributed by atoms with Gasteiger partial charge >= 0.3 is 0 Å². The lowest BCUT2D eigenvalue weighted by Crippen LogP contribution is -3.00. The Balaban J connectivity index is 0.00000162. The number of benzene rings is 1. The average molecular weight is 311 g/mol. The molecule has 2 aromatic rings. The summed E-state index contributed by atoms with van der Waals surface area (Å²) < 4.78 is 7.00. The number of nitrogens with zero attached hydrogens (tertiary/aromatic N) is 1. The molecule has 96 valence electrons. The number of Topliss-reactive ketones (excluding diaryl/α,β-unsaturated/α-hetero) is 1. The quantitative estimate of drug-likeness (QED) is 0.539. The Kier molecular flexibility index (Phi) is 5.09. The Bertz CT molecular complexity index is 537. The average Bonchev–Trinajstić information content (AvgIpc) is 2.75. The number of ether oxygens (including phenoxy) is 1. The van der Waals surface area contributed by atoms with E-state index in [2.05, 4.69) is 4.98 Å².